The van der Waals surface area contributed by atoms with Crippen LogP contribution in [0.4, 0.5) is 0 Å². The molecule has 0 saturated heterocycles. The second kappa shape index (κ2) is 7.45. The molecule has 0 saturated carbocycles. The first kappa shape index (κ1) is 14.3. The highest BCUT2D eigenvalue weighted by Crippen LogP contribution is 2.06. The summed E-state index contributed by atoms with van der Waals surface area (Å²) in [6.07, 6.45) is 0. The molecule has 0 amide bonds. The number of nitrogens with zero attached hydrogens (tertiary/aromatic N) is 1. The highest BCUT2D eigenvalue weighted by Gasteiger charge is 2.25. The number of hydrogen-bond acceptors (Lipinski definition) is 4. The molecule has 1 N–H and O–H groups in total. The lowest BCUT2D eigenvalue weighted by Crippen LogP contribution is -2.43. The van der Waals surface area contributed by atoms with E-state index < -0.39 is 0 Å². The summed E-state index contributed by atoms with van der Waals surface area (Å²) in [5.74, 6) is 0. The van der Waals surface area contributed by atoms with Crippen LogP contribution in [0.5, 0.6) is 0 Å². The summed E-state index contributed by atoms with van der Waals surface area (Å²) in [5, 5.41) is 0. The fourth-order valence-electron chi connectivity index (χ4n) is 0.815. The predicted molar refractivity (Wildman–Crippen MR) is 43.0 cm³/mol. The van der Waals surface area contributed by atoms with Crippen molar-refractivity contribution in [3.8, 4) is 0 Å². The van der Waals surface area contributed by atoms with Crippen LogP contribution in [-0.2, 0) is 14.5 Å². The SMILES string of the molecule is CCO[N+](C)(OCC)OCC.[OH-]. The third-order valence-electron chi connectivity index (χ3n) is 1.09. The molecule has 0 bridgehead atoms. The van der Waals surface area contributed by atoms with Gasteiger partial charge in [-0.2, -0.15) is 0 Å². The van der Waals surface area contributed by atoms with Crippen LogP contribution in [0.15, 0.2) is 0 Å². The average molecular weight is 181 g/mol. The maximum Gasteiger partial charge on any atom is 0.168 e. The van der Waals surface area contributed by atoms with Crippen molar-refractivity contribution in [1.82, 2.24) is 0 Å². The summed E-state index contributed by atoms with van der Waals surface area (Å²) in [6.45, 7) is 7.39. The molecule has 0 fully saturated rings. The fourth-order valence-corrected chi connectivity index (χ4v) is 0.815. The van der Waals surface area contributed by atoms with Crippen LogP contribution in [0.25, 0.3) is 0 Å². The first-order chi connectivity index (χ1) is 5.18. The summed E-state index contributed by atoms with van der Waals surface area (Å²) in [5.41, 5.74) is 0. The van der Waals surface area contributed by atoms with Gasteiger partial charge in [-0.1, -0.05) is 0 Å². The zero-order valence-electron chi connectivity index (χ0n) is 8.24. The Balaban J connectivity index is 0. The Labute approximate surface area is 73.6 Å². The van der Waals surface area contributed by atoms with Crippen molar-refractivity contribution in [2.75, 3.05) is 26.9 Å². The molecule has 0 aliphatic carbocycles. The Hall–Kier alpha value is -0.200. The second-order valence-corrected chi connectivity index (χ2v) is 2.02. The van der Waals surface area contributed by atoms with Gasteiger partial charge in [-0.05, 0) is 20.8 Å². The summed E-state index contributed by atoms with van der Waals surface area (Å²) < 4.78 is 0. The van der Waals surface area contributed by atoms with Crippen molar-refractivity contribution < 1.29 is 25.0 Å². The number of rotatable bonds is 6. The van der Waals surface area contributed by atoms with Crippen LogP contribution in [0.2, 0.25) is 0 Å². The highest BCUT2D eigenvalue weighted by molar-refractivity contribution is 3.98. The van der Waals surface area contributed by atoms with E-state index in [1.54, 1.807) is 7.05 Å². The van der Waals surface area contributed by atoms with Gasteiger partial charge in [-0.25, -0.2) is 0 Å². The van der Waals surface area contributed by atoms with Gasteiger partial charge in [0, 0.05) is 0 Å². The minimum atomic E-state index is -0.219. The Morgan fingerprint density at radius 1 is 0.833 bits per heavy atom. The van der Waals surface area contributed by atoms with Gasteiger partial charge in [-0.15, -0.1) is 14.5 Å². The molecule has 5 nitrogen and oxygen atoms in total. The largest absolute Gasteiger partial charge is 0.870 e. The van der Waals surface area contributed by atoms with Crippen molar-refractivity contribution >= 4 is 0 Å². The normalized spacial score (nSPS) is 11.0. The molecule has 0 radical (unpaired) electrons. The minimum Gasteiger partial charge on any atom is -0.870 e. The zero-order chi connectivity index (χ0) is 8.74. The first-order valence-corrected chi connectivity index (χ1v) is 3.98. The molecule has 0 aromatic heterocycles. The molecule has 0 aliphatic heterocycles. The van der Waals surface area contributed by atoms with Gasteiger partial charge in [0.1, 0.15) is 19.8 Å². The van der Waals surface area contributed by atoms with Crippen molar-refractivity contribution in [2.45, 2.75) is 20.8 Å². The Morgan fingerprint density at radius 3 is 1.25 bits per heavy atom. The second-order valence-electron chi connectivity index (χ2n) is 2.02. The predicted octanol–water partition coefficient (Wildman–Crippen LogP) is 1.11. The maximum atomic E-state index is 5.20. The molecule has 0 aromatic carbocycles. The molecule has 0 atom stereocenters. The van der Waals surface area contributed by atoms with Gasteiger partial charge >= 0.3 is 0 Å². The smallest absolute Gasteiger partial charge is 0.168 e. The van der Waals surface area contributed by atoms with E-state index in [2.05, 4.69) is 0 Å². The third kappa shape index (κ3) is 5.45. The standard InChI is InChI=1S/C7H18NO3.H2O/c1-5-9-8(4,10-6-2)11-7-3;/h5-7H2,1-4H3;1H2/q+1;/p-1. The van der Waals surface area contributed by atoms with E-state index in [1.807, 2.05) is 20.8 Å². The Kier molecular flexibility index (Phi) is 8.90. The van der Waals surface area contributed by atoms with Crippen molar-refractivity contribution in [1.29, 1.82) is 0 Å². The monoisotopic (exact) mass is 181 g/mol. The van der Waals surface area contributed by atoms with Crippen molar-refractivity contribution in [3.05, 3.63) is 0 Å². The van der Waals surface area contributed by atoms with Crippen LogP contribution < -0.4 is 0 Å². The van der Waals surface area contributed by atoms with E-state index in [0.717, 1.165) is 0 Å². The van der Waals surface area contributed by atoms with Crippen LogP contribution in [-0.4, -0.2) is 37.3 Å². The quantitative estimate of drug-likeness (QED) is 0.455. The van der Waals surface area contributed by atoms with Gasteiger partial charge in [0.2, 0.25) is 0 Å². The van der Waals surface area contributed by atoms with Crippen molar-refractivity contribution in [2.24, 2.45) is 0 Å². The minimum absolute atomic E-state index is 0. The molecular formula is C7H19NO4. The van der Waals surface area contributed by atoms with E-state index in [0.29, 0.717) is 19.8 Å². The van der Waals surface area contributed by atoms with Gasteiger partial charge in [0.15, 0.2) is 7.05 Å². The summed E-state index contributed by atoms with van der Waals surface area (Å²) in [4.78, 5) is 15.4. The van der Waals surface area contributed by atoms with Crippen LogP contribution in [0.1, 0.15) is 20.8 Å². The highest BCUT2D eigenvalue weighted by atomic mass is 17.2. The molecule has 12 heavy (non-hydrogen) atoms. The Bertz CT molecular complexity index is 82.4. The van der Waals surface area contributed by atoms with Gasteiger partial charge < -0.3 is 5.48 Å². The lowest BCUT2D eigenvalue weighted by atomic mass is 10.9. The molecule has 0 spiro atoms. The van der Waals surface area contributed by atoms with E-state index in [4.69, 9.17) is 14.5 Å². The topological polar surface area (TPSA) is 57.7 Å². The molecular weight excluding hydrogens is 162 g/mol. The van der Waals surface area contributed by atoms with Crippen molar-refractivity contribution in [3.63, 3.8) is 0 Å². The zero-order valence-corrected chi connectivity index (χ0v) is 8.24. The number of hydroxylamine groups is 3. The lowest BCUT2D eigenvalue weighted by Gasteiger charge is -2.23. The summed E-state index contributed by atoms with van der Waals surface area (Å²) in [7, 11) is 1.72. The summed E-state index contributed by atoms with van der Waals surface area (Å²) in [6, 6.07) is 0. The van der Waals surface area contributed by atoms with E-state index in [-0.39, 0.29) is 10.4 Å². The van der Waals surface area contributed by atoms with E-state index in [9.17, 15) is 0 Å². The third-order valence-corrected chi connectivity index (χ3v) is 1.09. The Morgan fingerprint density at radius 2 is 1.08 bits per heavy atom. The average Bonchev–Trinajstić information content (AvgIpc) is 1.88. The van der Waals surface area contributed by atoms with Crippen LogP contribution in [0, 0.1) is 0 Å². The molecule has 0 unspecified atom stereocenters. The number of quaternary nitrogens is 1. The van der Waals surface area contributed by atoms with Gasteiger partial charge in [-0.3, -0.25) is 0 Å². The molecule has 0 aromatic rings. The van der Waals surface area contributed by atoms with Gasteiger partial charge in [0.05, 0.1) is 4.97 Å². The van der Waals surface area contributed by atoms with Crippen LogP contribution >= 0.6 is 0 Å². The molecule has 0 heterocycles. The van der Waals surface area contributed by atoms with E-state index in [1.165, 1.54) is 0 Å². The van der Waals surface area contributed by atoms with E-state index >= 15 is 0 Å². The summed E-state index contributed by atoms with van der Waals surface area (Å²) >= 11 is 0. The number of hydrogen-bond donors (Lipinski definition) is 0. The fraction of sp³-hybridized carbons (Fsp3) is 1.00. The molecule has 0 aliphatic rings. The maximum absolute atomic E-state index is 5.20. The lowest BCUT2D eigenvalue weighted by molar-refractivity contribution is -1.36. The van der Waals surface area contributed by atoms with Crippen LogP contribution in [0.3, 0.4) is 0 Å². The molecule has 76 valence electrons. The molecule has 5 heteroatoms. The van der Waals surface area contributed by atoms with Gasteiger partial charge in [0.25, 0.3) is 0 Å². The molecule has 0 rings (SSSR count). The first-order valence-electron chi connectivity index (χ1n) is 3.98.